The van der Waals surface area contributed by atoms with Crippen LogP contribution in [0.4, 0.5) is 0 Å². The number of ketones is 1. The number of hydrogen-bond donors (Lipinski definition) is 0. The lowest BCUT2D eigenvalue weighted by atomic mass is 9.82. The molecule has 4 heteroatoms. The monoisotopic (exact) mass is 264 g/mol. The number of allylic oxidation sites excluding steroid dienone is 1. The van der Waals surface area contributed by atoms with Crippen molar-refractivity contribution in [3.63, 3.8) is 0 Å². The SMILES string of the molecule is O=C1C(Br)=COC2CC(Cl)CCC12. The quantitative estimate of drug-likeness (QED) is 0.629. The lowest BCUT2D eigenvalue weighted by Crippen LogP contribution is -2.38. The summed E-state index contributed by atoms with van der Waals surface area (Å²) in [5, 5.41) is 0.166. The Morgan fingerprint density at radius 3 is 3.08 bits per heavy atom. The molecule has 0 aromatic carbocycles. The average Bonchev–Trinajstić information content (AvgIpc) is 2.12. The molecule has 3 unspecified atom stereocenters. The van der Waals surface area contributed by atoms with Crippen molar-refractivity contribution in [3.05, 3.63) is 10.7 Å². The molecule has 1 aliphatic carbocycles. The summed E-state index contributed by atoms with van der Waals surface area (Å²) in [7, 11) is 0. The number of rotatable bonds is 0. The Kier molecular flexibility index (Phi) is 2.65. The summed E-state index contributed by atoms with van der Waals surface area (Å²) >= 11 is 9.18. The topological polar surface area (TPSA) is 26.3 Å². The van der Waals surface area contributed by atoms with Crippen LogP contribution in [0.1, 0.15) is 19.3 Å². The Bertz CT molecular complexity index is 264. The highest BCUT2D eigenvalue weighted by atomic mass is 79.9. The third-order valence-electron chi connectivity index (χ3n) is 2.65. The fraction of sp³-hybridized carbons (Fsp3) is 0.667. The van der Waals surface area contributed by atoms with Crippen LogP contribution >= 0.6 is 27.5 Å². The van der Waals surface area contributed by atoms with E-state index in [0.717, 1.165) is 19.3 Å². The summed E-state index contributed by atoms with van der Waals surface area (Å²) in [5.41, 5.74) is 0. The molecule has 13 heavy (non-hydrogen) atoms. The second-order valence-electron chi connectivity index (χ2n) is 3.52. The molecular formula is C9H10BrClO2. The molecule has 1 saturated carbocycles. The van der Waals surface area contributed by atoms with E-state index in [1.54, 1.807) is 0 Å². The number of carbonyl (C=O) groups is 1. The summed E-state index contributed by atoms with van der Waals surface area (Å²) in [4.78, 5) is 11.6. The summed E-state index contributed by atoms with van der Waals surface area (Å²) in [6.07, 6.45) is 4.05. The van der Waals surface area contributed by atoms with E-state index in [4.69, 9.17) is 16.3 Å². The molecule has 0 amide bonds. The van der Waals surface area contributed by atoms with Gasteiger partial charge in [-0.05, 0) is 28.8 Å². The van der Waals surface area contributed by atoms with Gasteiger partial charge in [-0.25, -0.2) is 0 Å². The first-order valence-corrected chi connectivity index (χ1v) is 5.61. The number of alkyl halides is 1. The highest BCUT2D eigenvalue weighted by molar-refractivity contribution is 9.12. The normalized spacial score (nSPS) is 39.1. The Labute approximate surface area is 90.4 Å². The maximum absolute atomic E-state index is 11.6. The Morgan fingerprint density at radius 1 is 1.54 bits per heavy atom. The molecule has 2 aliphatic rings. The molecule has 0 bridgehead atoms. The first-order chi connectivity index (χ1) is 6.18. The van der Waals surface area contributed by atoms with Crippen LogP contribution in [0.15, 0.2) is 10.7 Å². The summed E-state index contributed by atoms with van der Waals surface area (Å²) in [6.45, 7) is 0. The Morgan fingerprint density at radius 2 is 2.31 bits per heavy atom. The van der Waals surface area contributed by atoms with Gasteiger partial charge in [-0.2, -0.15) is 0 Å². The van der Waals surface area contributed by atoms with Gasteiger partial charge in [0.05, 0.1) is 10.4 Å². The van der Waals surface area contributed by atoms with Gasteiger partial charge >= 0.3 is 0 Å². The van der Waals surface area contributed by atoms with Crippen molar-refractivity contribution < 1.29 is 9.53 Å². The van der Waals surface area contributed by atoms with E-state index in [9.17, 15) is 4.79 Å². The van der Waals surface area contributed by atoms with Gasteiger partial charge in [0, 0.05) is 11.8 Å². The summed E-state index contributed by atoms with van der Waals surface area (Å²) in [6, 6.07) is 0. The van der Waals surface area contributed by atoms with Gasteiger partial charge in [-0.3, -0.25) is 4.79 Å². The van der Waals surface area contributed by atoms with E-state index in [0.29, 0.717) is 4.48 Å². The van der Waals surface area contributed by atoms with E-state index >= 15 is 0 Å². The molecule has 2 nitrogen and oxygen atoms in total. The van der Waals surface area contributed by atoms with Crippen molar-refractivity contribution in [1.82, 2.24) is 0 Å². The minimum Gasteiger partial charge on any atom is -0.496 e. The van der Waals surface area contributed by atoms with Crippen molar-refractivity contribution in [2.24, 2.45) is 5.92 Å². The van der Waals surface area contributed by atoms with Gasteiger partial charge in [-0.15, -0.1) is 11.6 Å². The summed E-state index contributed by atoms with van der Waals surface area (Å²) in [5.74, 6) is 0.189. The standard InChI is InChI=1S/C9H10BrClO2/c10-7-4-13-8-3-5(11)1-2-6(8)9(7)12/h4-6,8H,1-3H2. The molecule has 0 N–H and O–H groups in total. The smallest absolute Gasteiger partial charge is 0.179 e. The molecule has 1 aliphatic heterocycles. The Balaban J connectivity index is 2.16. The van der Waals surface area contributed by atoms with Gasteiger partial charge < -0.3 is 4.74 Å². The highest BCUT2D eigenvalue weighted by Gasteiger charge is 2.38. The minimum absolute atomic E-state index is 0.00468. The first kappa shape index (κ1) is 9.53. The maximum atomic E-state index is 11.6. The van der Waals surface area contributed by atoms with Crippen molar-refractivity contribution in [2.45, 2.75) is 30.7 Å². The molecule has 2 rings (SSSR count). The molecule has 0 aromatic rings. The van der Waals surface area contributed by atoms with Crippen molar-refractivity contribution >= 4 is 33.3 Å². The van der Waals surface area contributed by atoms with Crippen LogP contribution in [0.25, 0.3) is 0 Å². The molecular weight excluding hydrogens is 255 g/mol. The fourth-order valence-electron chi connectivity index (χ4n) is 1.91. The number of ether oxygens (including phenoxy) is 1. The van der Waals surface area contributed by atoms with E-state index in [-0.39, 0.29) is 23.2 Å². The third kappa shape index (κ3) is 1.77. The minimum atomic E-state index is 0.00468. The molecule has 1 heterocycles. The molecule has 0 aromatic heterocycles. The average molecular weight is 266 g/mol. The second-order valence-corrected chi connectivity index (χ2v) is 4.99. The van der Waals surface area contributed by atoms with E-state index in [1.165, 1.54) is 6.26 Å². The van der Waals surface area contributed by atoms with Crippen LogP contribution in [0.3, 0.4) is 0 Å². The maximum Gasteiger partial charge on any atom is 0.179 e. The van der Waals surface area contributed by atoms with Crippen LogP contribution in [0.5, 0.6) is 0 Å². The van der Waals surface area contributed by atoms with Crippen molar-refractivity contribution in [3.8, 4) is 0 Å². The van der Waals surface area contributed by atoms with E-state index in [1.807, 2.05) is 0 Å². The second kappa shape index (κ2) is 3.62. The van der Waals surface area contributed by atoms with Crippen molar-refractivity contribution in [1.29, 1.82) is 0 Å². The van der Waals surface area contributed by atoms with Crippen molar-refractivity contribution in [2.75, 3.05) is 0 Å². The number of halogens is 2. The predicted molar refractivity (Wildman–Crippen MR) is 53.9 cm³/mol. The van der Waals surface area contributed by atoms with Crippen LogP contribution in [-0.4, -0.2) is 17.3 Å². The number of hydrogen-bond acceptors (Lipinski definition) is 2. The van der Waals surface area contributed by atoms with Crippen LogP contribution in [0, 0.1) is 5.92 Å². The van der Waals surface area contributed by atoms with Crippen LogP contribution < -0.4 is 0 Å². The van der Waals surface area contributed by atoms with Crippen LogP contribution in [0.2, 0.25) is 0 Å². The van der Waals surface area contributed by atoms with Gasteiger partial charge in [0.2, 0.25) is 0 Å². The van der Waals surface area contributed by atoms with E-state index in [2.05, 4.69) is 15.9 Å². The van der Waals surface area contributed by atoms with Crippen LogP contribution in [-0.2, 0) is 9.53 Å². The van der Waals surface area contributed by atoms with Gasteiger partial charge in [-0.1, -0.05) is 0 Å². The lowest BCUT2D eigenvalue weighted by molar-refractivity contribution is -0.125. The van der Waals surface area contributed by atoms with E-state index < -0.39 is 0 Å². The molecule has 3 atom stereocenters. The third-order valence-corrected chi connectivity index (χ3v) is 3.62. The zero-order valence-electron chi connectivity index (χ0n) is 7.00. The highest BCUT2D eigenvalue weighted by Crippen LogP contribution is 2.36. The Hall–Kier alpha value is -0.0200. The van der Waals surface area contributed by atoms with Gasteiger partial charge in [0.25, 0.3) is 0 Å². The molecule has 72 valence electrons. The number of carbonyl (C=O) groups excluding carboxylic acids is 1. The zero-order valence-corrected chi connectivity index (χ0v) is 9.35. The molecule has 0 saturated heterocycles. The number of Topliss-reactive ketones (excluding diaryl/α,β-unsaturated/α-hetero) is 1. The predicted octanol–water partition coefficient (Wildman–Crippen LogP) is 2.60. The zero-order chi connectivity index (χ0) is 9.42. The van der Waals surface area contributed by atoms with Gasteiger partial charge in [0.1, 0.15) is 12.4 Å². The molecule has 0 radical (unpaired) electrons. The van der Waals surface area contributed by atoms with Gasteiger partial charge in [0.15, 0.2) is 5.78 Å². The molecule has 1 fully saturated rings. The first-order valence-electron chi connectivity index (χ1n) is 4.38. The summed E-state index contributed by atoms with van der Waals surface area (Å²) < 4.78 is 5.98. The molecule has 0 spiro atoms. The largest absolute Gasteiger partial charge is 0.496 e. The number of fused-ring (bicyclic) bond motifs is 1. The lowest BCUT2D eigenvalue weighted by Gasteiger charge is -2.34. The fourth-order valence-corrected chi connectivity index (χ4v) is 2.62.